The van der Waals surface area contributed by atoms with Gasteiger partial charge in [0, 0.05) is 13.1 Å². The molecule has 0 spiro atoms. The fourth-order valence-corrected chi connectivity index (χ4v) is 3.70. The first-order valence-corrected chi connectivity index (χ1v) is 7.99. The summed E-state index contributed by atoms with van der Waals surface area (Å²) in [6, 6.07) is 5.53. The number of ether oxygens (including phenoxy) is 1. The Balaban J connectivity index is 2.00. The number of sulfonamides is 1. The van der Waals surface area contributed by atoms with Gasteiger partial charge in [0.2, 0.25) is 10.0 Å². The molecule has 1 aromatic rings. The number of aliphatic hydroxyl groups is 1. The molecule has 1 fully saturated rings. The lowest BCUT2D eigenvalue weighted by molar-refractivity contribution is 0.00318. The summed E-state index contributed by atoms with van der Waals surface area (Å²) in [7, 11) is -3.51. The molecular formula is C13H19NO5S. The lowest BCUT2D eigenvalue weighted by Crippen LogP contribution is -2.41. The van der Waals surface area contributed by atoms with Crippen molar-refractivity contribution in [1.82, 2.24) is 4.31 Å². The molecule has 0 aliphatic carbocycles. The molecule has 112 valence electrons. The van der Waals surface area contributed by atoms with Crippen LogP contribution >= 0.6 is 0 Å². The number of rotatable bonds is 5. The van der Waals surface area contributed by atoms with Crippen LogP contribution in [0.5, 0.6) is 5.75 Å². The van der Waals surface area contributed by atoms with Crippen molar-refractivity contribution in [2.45, 2.75) is 23.8 Å². The van der Waals surface area contributed by atoms with Gasteiger partial charge in [-0.2, -0.15) is 4.31 Å². The molecule has 2 N–H and O–H groups in total. The van der Waals surface area contributed by atoms with Crippen molar-refractivity contribution in [1.29, 1.82) is 0 Å². The Hall–Kier alpha value is -1.15. The highest BCUT2D eigenvalue weighted by atomic mass is 32.2. The van der Waals surface area contributed by atoms with Crippen LogP contribution < -0.4 is 0 Å². The van der Waals surface area contributed by atoms with E-state index in [2.05, 4.69) is 0 Å². The fourth-order valence-electron chi connectivity index (χ4n) is 2.23. The molecule has 0 unspecified atom stereocenters. The molecule has 1 aliphatic rings. The second-order valence-corrected chi connectivity index (χ2v) is 6.63. The van der Waals surface area contributed by atoms with Crippen molar-refractivity contribution in [3.63, 3.8) is 0 Å². The highest BCUT2D eigenvalue weighted by Gasteiger charge is 2.29. The molecule has 0 bridgehead atoms. The van der Waals surface area contributed by atoms with Gasteiger partial charge in [0.25, 0.3) is 0 Å². The number of hydrogen-bond donors (Lipinski definition) is 2. The Labute approximate surface area is 118 Å². The number of benzene rings is 1. The van der Waals surface area contributed by atoms with Crippen LogP contribution in [0.25, 0.3) is 0 Å². The zero-order valence-corrected chi connectivity index (χ0v) is 11.9. The first-order chi connectivity index (χ1) is 9.54. The molecule has 20 heavy (non-hydrogen) atoms. The normalized spacial score (nSPS) is 18.2. The smallest absolute Gasteiger partial charge is 0.243 e. The molecular weight excluding hydrogens is 282 g/mol. The van der Waals surface area contributed by atoms with Crippen molar-refractivity contribution in [2.75, 3.05) is 26.3 Å². The Morgan fingerprint density at radius 3 is 2.35 bits per heavy atom. The summed E-state index contributed by atoms with van der Waals surface area (Å²) in [5, 5.41) is 17.9. The third kappa shape index (κ3) is 3.49. The fraction of sp³-hybridized carbons (Fsp3) is 0.538. The first kappa shape index (κ1) is 15.2. The van der Waals surface area contributed by atoms with E-state index in [1.54, 1.807) is 0 Å². The molecule has 1 saturated heterocycles. The summed E-state index contributed by atoms with van der Waals surface area (Å²) in [5.41, 5.74) is 0. The summed E-state index contributed by atoms with van der Waals surface area (Å²) in [6.45, 7) is 1.07. The number of phenols is 1. The number of piperidine rings is 1. The van der Waals surface area contributed by atoms with Crippen molar-refractivity contribution in [2.24, 2.45) is 0 Å². The zero-order chi connectivity index (χ0) is 14.6. The van der Waals surface area contributed by atoms with Crippen LogP contribution in [0.1, 0.15) is 12.8 Å². The van der Waals surface area contributed by atoms with Crippen molar-refractivity contribution in [3.05, 3.63) is 24.3 Å². The SMILES string of the molecule is O=S(=O)(c1ccc(O)cc1)N1CCC(OCCO)CC1. The van der Waals surface area contributed by atoms with Crippen molar-refractivity contribution < 1.29 is 23.4 Å². The van der Waals surface area contributed by atoms with E-state index in [0.717, 1.165) is 0 Å². The number of phenolic OH excluding ortho intramolecular Hbond substituents is 1. The Morgan fingerprint density at radius 2 is 1.80 bits per heavy atom. The lowest BCUT2D eigenvalue weighted by Gasteiger charge is -2.31. The number of hydrogen-bond acceptors (Lipinski definition) is 5. The van der Waals surface area contributed by atoms with Gasteiger partial charge in [0.1, 0.15) is 5.75 Å². The minimum Gasteiger partial charge on any atom is -0.508 e. The summed E-state index contributed by atoms with van der Waals surface area (Å²) in [6.07, 6.45) is 1.25. The minimum atomic E-state index is -3.51. The van der Waals surface area contributed by atoms with Crippen molar-refractivity contribution in [3.8, 4) is 5.75 Å². The average Bonchev–Trinajstić information content (AvgIpc) is 2.46. The van der Waals surface area contributed by atoms with E-state index in [0.29, 0.717) is 25.9 Å². The number of nitrogens with zero attached hydrogens (tertiary/aromatic N) is 1. The van der Waals surface area contributed by atoms with E-state index >= 15 is 0 Å². The van der Waals surface area contributed by atoms with Crippen LogP contribution in [0.2, 0.25) is 0 Å². The van der Waals surface area contributed by atoms with Crippen LogP contribution in [-0.4, -0.2) is 55.3 Å². The highest BCUT2D eigenvalue weighted by molar-refractivity contribution is 7.89. The third-order valence-corrected chi connectivity index (χ3v) is 5.23. The van der Waals surface area contributed by atoms with Crippen molar-refractivity contribution >= 4 is 10.0 Å². The van der Waals surface area contributed by atoms with Gasteiger partial charge in [-0.1, -0.05) is 0 Å². The highest BCUT2D eigenvalue weighted by Crippen LogP contribution is 2.23. The standard InChI is InChI=1S/C13H19NO5S/c15-9-10-19-12-5-7-14(8-6-12)20(17,18)13-3-1-11(16)2-4-13/h1-4,12,15-16H,5-10H2. The van der Waals surface area contributed by atoms with Gasteiger partial charge in [0.05, 0.1) is 24.2 Å². The van der Waals surface area contributed by atoms with E-state index in [-0.39, 0.29) is 30.0 Å². The van der Waals surface area contributed by atoms with Gasteiger partial charge >= 0.3 is 0 Å². The largest absolute Gasteiger partial charge is 0.508 e. The summed E-state index contributed by atoms with van der Waals surface area (Å²) in [5.74, 6) is 0.0417. The van der Waals surface area contributed by atoms with E-state index in [1.807, 2.05) is 0 Å². The molecule has 0 amide bonds. The van der Waals surface area contributed by atoms with Gasteiger partial charge in [0.15, 0.2) is 0 Å². The third-order valence-electron chi connectivity index (χ3n) is 3.32. The molecule has 1 heterocycles. The minimum absolute atomic E-state index is 0.00779. The molecule has 0 saturated carbocycles. The second-order valence-electron chi connectivity index (χ2n) is 4.69. The maximum Gasteiger partial charge on any atom is 0.243 e. The maximum atomic E-state index is 12.4. The quantitative estimate of drug-likeness (QED) is 0.829. The van der Waals surface area contributed by atoms with E-state index in [1.165, 1.54) is 28.6 Å². The van der Waals surface area contributed by atoms with Gasteiger partial charge in [-0.05, 0) is 37.1 Å². The van der Waals surface area contributed by atoms with E-state index in [9.17, 15) is 13.5 Å². The molecule has 0 radical (unpaired) electrons. The first-order valence-electron chi connectivity index (χ1n) is 6.55. The van der Waals surface area contributed by atoms with Gasteiger partial charge in [-0.15, -0.1) is 0 Å². The molecule has 1 aliphatic heterocycles. The van der Waals surface area contributed by atoms with Gasteiger partial charge in [-0.25, -0.2) is 8.42 Å². The Morgan fingerprint density at radius 1 is 1.20 bits per heavy atom. The van der Waals surface area contributed by atoms with Crippen LogP contribution in [0, 0.1) is 0 Å². The van der Waals surface area contributed by atoms with Gasteiger partial charge < -0.3 is 14.9 Å². The predicted octanol–water partition coefficient (Wildman–Crippen LogP) is 0.554. The molecule has 0 aromatic heterocycles. The Bertz CT molecular complexity index is 520. The molecule has 2 rings (SSSR count). The summed E-state index contributed by atoms with van der Waals surface area (Å²) >= 11 is 0. The number of aromatic hydroxyl groups is 1. The van der Waals surface area contributed by atoms with Crippen LogP contribution in [0.3, 0.4) is 0 Å². The van der Waals surface area contributed by atoms with Gasteiger partial charge in [-0.3, -0.25) is 0 Å². The average molecular weight is 301 g/mol. The Kier molecular flexibility index (Phi) is 4.98. The second kappa shape index (κ2) is 6.53. The monoisotopic (exact) mass is 301 g/mol. The maximum absolute atomic E-state index is 12.4. The molecule has 1 aromatic carbocycles. The van der Waals surface area contributed by atoms with Crippen LogP contribution in [0.15, 0.2) is 29.2 Å². The van der Waals surface area contributed by atoms with Crippen LogP contribution in [-0.2, 0) is 14.8 Å². The van der Waals surface area contributed by atoms with E-state index in [4.69, 9.17) is 9.84 Å². The molecule has 7 heteroatoms. The number of aliphatic hydroxyl groups excluding tert-OH is 1. The molecule has 6 nitrogen and oxygen atoms in total. The predicted molar refractivity (Wildman–Crippen MR) is 72.9 cm³/mol. The van der Waals surface area contributed by atoms with Crippen LogP contribution in [0.4, 0.5) is 0 Å². The topological polar surface area (TPSA) is 87.1 Å². The summed E-state index contributed by atoms with van der Waals surface area (Å²) < 4.78 is 31.6. The van der Waals surface area contributed by atoms with E-state index < -0.39 is 10.0 Å². The lowest BCUT2D eigenvalue weighted by atomic mass is 10.1. The summed E-state index contributed by atoms with van der Waals surface area (Å²) in [4.78, 5) is 0.185. The molecule has 0 atom stereocenters. The zero-order valence-electron chi connectivity index (χ0n) is 11.1.